The zero-order valence-electron chi connectivity index (χ0n) is 19.9. The number of piperidine rings is 1. The Morgan fingerprint density at radius 1 is 1.09 bits per heavy atom. The van der Waals surface area contributed by atoms with Crippen molar-refractivity contribution in [3.8, 4) is 17.2 Å². The van der Waals surface area contributed by atoms with Crippen molar-refractivity contribution in [2.75, 3.05) is 27.4 Å². The molecule has 7 nitrogen and oxygen atoms in total. The van der Waals surface area contributed by atoms with Crippen molar-refractivity contribution in [2.45, 2.75) is 69.7 Å². The van der Waals surface area contributed by atoms with Crippen molar-refractivity contribution in [1.82, 2.24) is 4.90 Å². The lowest BCUT2D eigenvalue weighted by atomic mass is 9.75. The summed E-state index contributed by atoms with van der Waals surface area (Å²) < 4.78 is 17.1. The number of carbonyl (C=O) groups is 2. The highest BCUT2D eigenvalue weighted by Crippen LogP contribution is 2.45. The average molecular weight is 460 g/mol. The minimum Gasteiger partial charge on any atom is -0.493 e. The minimum absolute atomic E-state index is 0.0988. The maximum absolute atomic E-state index is 14.0. The molecule has 7 heteroatoms. The van der Waals surface area contributed by atoms with Gasteiger partial charge in [0.05, 0.1) is 26.7 Å². The smallest absolute Gasteiger partial charge is 0.326 e. The molecule has 2 fully saturated rings. The molecule has 1 N–H and O–H groups in total. The summed E-state index contributed by atoms with van der Waals surface area (Å²) in [4.78, 5) is 27.5. The van der Waals surface area contributed by atoms with Crippen LogP contribution in [0.5, 0.6) is 17.2 Å². The number of likely N-dealkylation sites (tertiary alicyclic amines) is 1. The number of carboxylic acids is 1. The van der Waals surface area contributed by atoms with Gasteiger partial charge in [0.1, 0.15) is 6.04 Å². The fourth-order valence-electron chi connectivity index (χ4n) is 5.20. The highest BCUT2D eigenvalue weighted by molar-refractivity contribution is 5.89. The average Bonchev–Trinajstić information content (AvgIpc) is 2.84. The number of aliphatic carboxylic acids is 1. The first-order chi connectivity index (χ1) is 16.0. The molecule has 1 aromatic rings. The number of carboxylic acid groups (broad SMARTS) is 1. The molecule has 33 heavy (non-hydrogen) atoms. The van der Waals surface area contributed by atoms with Crippen LogP contribution in [0, 0.1) is 5.92 Å². The quantitative estimate of drug-likeness (QED) is 0.400. The number of methoxy groups -OCH3 is 2. The van der Waals surface area contributed by atoms with Gasteiger partial charge in [-0.05, 0) is 62.1 Å². The number of ether oxygens (including phenoxy) is 3. The Hall–Kier alpha value is -2.70. The Balaban J connectivity index is 2.04. The van der Waals surface area contributed by atoms with Crippen LogP contribution in [-0.2, 0) is 9.59 Å². The van der Waals surface area contributed by atoms with E-state index in [1.165, 1.54) is 6.42 Å². The van der Waals surface area contributed by atoms with Crippen LogP contribution in [0.15, 0.2) is 24.8 Å². The first-order valence-electron chi connectivity index (χ1n) is 12.0. The number of benzene rings is 1. The first kappa shape index (κ1) is 24.9. The number of amides is 1. The van der Waals surface area contributed by atoms with E-state index in [-0.39, 0.29) is 11.8 Å². The van der Waals surface area contributed by atoms with Gasteiger partial charge in [0.15, 0.2) is 11.5 Å². The SMILES string of the molecule is C=CCCOc1cc(C(C(=O)N2CCCC[C@H]2C(=O)O)C2CCCCC2)cc(OC)c1OC. The molecule has 3 rings (SSSR count). The van der Waals surface area contributed by atoms with E-state index in [2.05, 4.69) is 6.58 Å². The number of rotatable bonds is 10. The monoisotopic (exact) mass is 459 g/mol. The molecule has 1 aliphatic carbocycles. The van der Waals surface area contributed by atoms with Crippen molar-refractivity contribution in [3.05, 3.63) is 30.4 Å². The summed E-state index contributed by atoms with van der Waals surface area (Å²) >= 11 is 0. The van der Waals surface area contributed by atoms with E-state index in [1.54, 1.807) is 25.2 Å². The van der Waals surface area contributed by atoms with E-state index >= 15 is 0 Å². The van der Waals surface area contributed by atoms with E-state index < -0.39 is 17.9 Å². The summed E-state index contributed by atoms with van der Waals surface area (Å²) in [6, 6.07) is 2.97. The second-order valence-electron chi connectivity index (χ2n) is 8.94. The van der Waals surface area contributed by atoms with Gasteiger partial charge in [-0.2, -0.15) is 0 Å². The largest absolute Gasteiger partial charge is 0.493 e. The van der Waals surface area contributed by atoms with Gasteiger partial charge in [0.2, 0.25) is 11.7 Å². The van der Waals surface area contributed by atoms with Crippen LogP contribution in [0.25, 0.3) is 0 Å². The number of hydrogen-bond acceptors (Lipinski definition) is 5. The van der Waals surface area contributed by atoms with Crippen molar-refractivity contribution < 1.29 is 28.9 Å². The van der Waals surface area contributed by atoms with Crippen LogP contribution in [-0.4, -0.2) is 55.3 Å². The third kappa shape index (κ3) is 5.81. The normalized spacial score (nSPS) is 20.1. The second-order valence-corrected chi connectivity index (χ2v) is 8.94. The van der Waals surface area contributed by atoms with Crippen LogP contribution in [0.3, 0.4) is 0 Å². The standard InChI is InChI=1S/C26H37NO6/c1-4-5-15-33-22-17-19(16-21(31-2)24(22)32-3)23(18-11-7-6-8-12-18)25(28)27-14-10-9-13-20(27)26(29)30/h4,16-18,20,23H,1,5-15H2,2-3H3,(H,29,30)/t20-,23?/m0/s1. The van der Waals surface area contributed by atoms with Crippen molar-refractivity contribution in [1.29, 1.82) is 0 Å². The highest BCUT2D eigenvalue weighted by Gasteiger charge is 2.40. The minimum atomic E-state index is -0.925. The number of nitrogens with zero attached hydrogens (tertiary/aromatic N) is 1. The maximum Gasteiger partial charge on any atom is 0.326 e. The Labute approximate surface area is 196 Å². The van der Waals surface area contributed by atoms with E-state index in [0.717, 1.165) is 44.1 Å². The third-order valence-corrected chi connectivity index (χ3v) is 6.86. The molecule has 1 saturated heterocycles. The van der Waals surface area contributed by atoms with Gasteiger partial charge in [0, 0.05) is 6.54 Å². The van der Waals surface area contributed by atoms with Crippen LogP contribution in [0.2, 0.25) is 0 Å². The molecule has 0 bridgehead atoms. The molecular formula is C26H37NO6. The van der Waals surface area contributed by atoms with Gasteiger partial charge in [-0.1, -0.05) is 25.3 Å². The second kappa shape index (κ2) is 12.0. The van der Waals surface area contributed by atoms with E-state index in [1.807, 2.05) is 12.1 Å². The molecule has 182 valence electrons. The summed E-state index contributed by atoms with van der Waals surface area (Å²) in [5.41, 5.74) is 0.799. The predicted octanol–water partition coefficient (Wildman–Crippen LogP) is 4.79. The molecule has 1 aromatic carbocycles. The lowest BCUT2D eigenvalue weighted by Gasteiger charge is -2.39. The molecule has 0 radical (unpaired) electrons. The topological polar surface area (TPSA) is 85.3 Å². The lowest BCUT2D eigenvalue weighted by molar-refractivity contribution is -0.153. The molecular weight excluding hydrogens is 422 g/mol. The summed E-state index contributed by atoms with van der Waals surface area (Å²) in [7, 11) is 3.13. The van der Waals surface area contributed by atoms with Gasteiger partial charge in [0.25, 0.3) is 0 Å². The maximum atomic E-state index is 14.0. The lowest BCUT2D eigenvalue weighted by Crippen LogP contribution is -2.50. The first-order valence-corrected chi connectivity index (χ1v) is 12.0. The Kier molecular flexibility index (Phi) is 9.03. The van der Waals surface area contributed by atoms with Gasteiger partial charge in [-0.15, -0.1) is 6.58 Å². The molecule has 1 unspecified atom stereocenters. The molecule has 2 aliphatic rings. The van der Waals surface area contributed by atoms with Gasteiger partial charge < -0.3 is 24.2 Å². The van der Waals surface area contributed by atoms with E-state index in [0.29, 0.717) is 43.2 Å². The zero-order chi connectivity index (χ0) is 23.8. The fraction of sp³-hybridized carbons (Fsp3) is 0.615. The van der Waals surface area contributed by atoms with Crippen LogP contribution in [0.1, 0.15) is 69.3 Å². The molecule has 1 heterocycles. The Morgan fingerprint density at radius 2 is 1.79 bits per heavy atom. The van der Waals surface area contributed by atoms with Gasteiger partial charge in [-0.25, -0.2) is 4.79 Å². The molecule has 1 aliphatic heterocycles. The summed E-state index contributed by atoms with van der Waals surface area (Å²) in [6.45, 7) is 4.65. The van der Waals surface area contributed by atoms with Crippen LogP contribution < -0.4 is 14.2 Å². The summed E-state index contributed by atoms with van der Waals surface area (Å²) in [5, 5.41) is 9.78. The third-order valence-electron chi connectivity index (χ3n) is 6.86. The van der Waals surface area contributed by atoms with Crippen LogP contribution in [0.4, 0.5) is 0 Å². The molecule has 2 atom stereocenters. The van der Waals surface area contributed by atoms with E-state index in [9.17, 15) is 14.7 Å². The molecule has 0 spiro atoms. The zero-order valence-corrected chi connectivity index (χ0v) is 19.9. The number of hydrogen-bond donors (Lipinski definition) is 1. The fourth-order valence-corrected chi connectivity index (χ4v) is 5.20. The Morgan fingerprint density at radius 3 is 2.42 bits per heavy atom. The predicted molar refractivity (Wildman–Crippen MR) is 126 cm³/mol. The van der Waals surface area contributed by atoms with Gasteiger partial charge in [-0.3, -0.25) is 4.79 Å². The van der Waals surface area contributed by atoms with E-state index in [4.69, 9.17) is 14.2 Å². The molecule has 0 aromatic heterocycles. The number of carbonyl (C=O) groups excluding carboxylic acids is 1. The summed E-state index contributed by atoms with van der Waals surface area (Å²) in [6.07, 6.45) is 9.83. The van der Waals surface area contributed by atoms with Crippen molar-refractivity contribution in [2.24, 2.45) is 5.92 Å². The molecule has 1 saturated carbocycles. The Bertz CT molecular complexity index is 832. The van der Waals surface area contributed by atoms with Crippen LogP contribution >= 0.6 is 0 Å². The highest BCUT2D eigenvalue weighted by atomic mass is 16.5. The van der Waals surface area contributed by atoms with Crippen molar-refractivity contribution in [3.63, 3.8) is 0 Å². The molecule has 1 amide bonds. The van der Waals surface area contributed by atoms with Gasteiger partial charge >= 0.3 is 5.97 Å². The van der Waals surface area contributed by atoms with Crippen molar-refractivity contribution >= 4 is 11.9 Å². The summed E-state index contributed by atoms with van der Waals surface area (Å²) in [5.74, 6) is 0.209.